The fourth-order valence-corrected chi connectivity index (χ4v) is 2.43. The highest BCUT2D eigenvalue weighted by molar-refractivity contribution is 7.99. The molecule has 4 heteroatoms. The summed E-state index contributed by atoms with van der Waals surface area (Å²) < 4.78 is 0. The Balaban J connectivity index is 2.22. The average molecular weight is 205 g/mol. The van der Waals surface area contributed by atoms with E-state index in [9.17, 15) is 0 Å². The van der Waals surface area contributed by atoms with E-state index in [1.54, 1.807) is 0 Å². The fraction of sp³-hybridized carbons (Fsp3) is 1.00. The Labute approximate surface area is 83.9 Å². The molecule has 0 aromatic rings. The Morgan fingerprint density at radius 1 is 1.46 bits per heavy atom. The van der Waals surface area contributed by atoms with E-state index in [0.29, 0.717) is 12.6 Å². The van der Waals surface area contributed by atoms with E-state index in [-0.39, 0.29) is 18.6 Å². The number of thioether (sulfide) groups is 1. The van der Waals surface area contributed by atoms with E-state index in [0.717, 1.165) is 5.75 Å². The predicted molar refractivity (Wildman–Crippen MR) is 56.0 cm³/mol. The van der Waals surface area contributed by atoms with Crippen LogP contribution >= 0.6 is 11.8 Å². The van der Waals surface area contributed by atoms with Gasteiger partial charge in [-0.1, -0.05) is 6.92 Å². The molecular formula is C9H19NO2S. The van der Waals surface area contributed by atoms with Gasteiger partial charge in [0.25, 0.3) is 0 Å². The summed E-state index contributed by atoms with van der Waals surface area (Å²) in [7, 11) is 0. The number of hydrogen-bond acceptors (Lipinski definition) is 4. The van der Waals surface area contributed by atoms with Crippen LogP contribution in [0.5, 0.6) is 0 Å². The summed E-state index contributed by atoms with van der Waals surface area (Å²) in [5.41, 5.74) is -0.368. The molecule has 0 amide bonds. The highest BCUT2D eigenvalue weighted by Gasteiger charge is 2.24. The van der Waals surface area contributed by atoms with E-state index >= 15 is 0 Å². The first-order chi connectivity index (χ1) is 6.20. The second kappa shape index (κ2) is 5.20. The van der Waals surface area contributed by atoms with Crippen LogP contribution in [0.25, 0.3) is 0 Å². The van der Waals surface area contributed by atoms with Crippen LogP contribution < -0.4 is 5.32 Å². The van der Waals surface area contributed by atoms with Crippen molar-refractivity contribution in [3.8, 4) is 0 Å². The molecule has 0 aromatic heterocycles. The van der Waals surface area contributed by atoms with Gasteiger partial charge in [-0.2, -0.15) is 11.8 Å². The zero-order valence-corrected chi connectivity index (χ0v) is 8.94. The molecule has 1 saturated heterocycles. The normalized spacial score (nSPS) is 23.8. The smallest absolute Gasteiger partial charge is 0.0518 e. The second-order valence-corrected chi connectivity index (χ2v) is 5.22. The molecule has 1 aliphatic heterocycles. The van der Waals surface area contributed by atoms with Gasteiger partial charge in [0.05, 0.1) is 13.2 Å². The maximum absolute atomic E-state index is 9.05. The van der Waals surface area contributed by atoms with Crippen LogP contribution in [-0.4, -0.2) is 47.5 Å². The van der Waals surface area contributed by atoms with Crippen LogP contribution in [0.4, 0.5) is 0 Å². The van der Waals surface area contributed by atoms with Crippen LogP contribution in [0.3, 0.4) is 0 Å². The van der Waals surface area contributed by atoms with E-state index in [1.165, 1.54) is 12.2 Å². The van der Waals surface area contributed by atoms with Crippen molar-refractivity contribution >= 4 is 11.8 Å². The van der Waals surface area contributed by atoms with Gasteiger partial charge in [-0.3, -0.25) is 0 Å². The van der Waals surface area contributed by atoms with Crippen LogP contribution in [-0.2, 0) is 0 Å². The van der Waals surface area contributed by atoms with E-state index in [1.807, 2.05) is 18.7 Å². The monoisotopic (exact) mass is 205 g/mol. The summed E-state index contributed by atoms with van der Waals surface area (Å²) in [4.78, 5) is 0. The third-order valence-electron chi connectivity index (χ3n) is 2.51. The Kier molecular flexibility index (Phi) is 4.52. The Bertz CT molecular complexity index is 145. The average Bonchev–Trinajstić information content (AvgIpc) is 2.67. The van der Waals surface area contributed by atoms with Crippen molar-refractivity contribution in [2.45, 2.75) is 19.4 Å². The minimum Gasteiger partial charge on any atom is -0.396 e. The lowest BCUT2D eigenvalue weighted by atomic mass is 9.93. The second-order valence-electron chi connectivity index (χ2n) is 4.07. The molecule has 0 bridgehead atoms. The van der Waals surface area contributed by atoms with E-state index in [2.05, 4.69) is 5.32 Å². The minimum absolute atomic E-state index is 0.0381. The third-order valence-corrected chi connectivity index (χ3v) is 3.67. The number of aliphatic hydroxyl groups is 2. The van der Waals surface area contributed by atoms with Crippen LogP contribution in [0, 0.1) is 5.41 Å². The lowest BCUT2D eigenvalue weighted by molar-refractivity contribution is 0.0679. The Morgan fingerprint density at radius 3 is 2.62 bits per heavy atom. The molecule has 3 N–H and O–H groups in total. The van der Waals surface area contributed by atoms with Gasteiger partial charge in [0, 0.05) is 23.8 Å². The number of aliphatic hydroxyl groups excluding tert-OH is 2. The zero-order chi connectivity index (χ0) is 9.73. The molecular weight excluding hydrogens is 186 g/mol. The topological polar surface area (TPSA) is 52.5 Å². The summed E-state index contributed by atoms with van der Waals surface area (Å²) >= 11 is 1.96. The number of nitrogens with one attached hydrogen (secondary N) is 1. The maximum atomic E-state index is 9.05. The van der Waals surface area contributed by atoms with Gasteiger partial charge >= 0.3 is 0 Å². The van der Waals surface area contributed by atoms with Crippen molar-refractivity contribution in [3.63, 3.8) is 0 Å². The third kappa shape index (κ3) is 3.46. The summed E-state index contributed by atoms with van der Waals surface area (Å²) in [5, 5.41) is 21.5. The molecule has 13 heavy (non-hydrogen) atoms. The van der Waals surface area contributed by atoms with Gasteiger partial charge in [-0.25, -0.2) is 0 Å². The summed E-state index contributed by atoms with van der Waals surface area (Å²) in [6.07, 6.45) is 1.21. The first-order valence-electron chi connectivity index (χ1n) is 4.73. The Morgan fingerprint density at radius 2 is 2.15 bits per heavy atom. The molecule has 3 nitrogen and oxygen atoms in total. The summed E-state index contributed by atoms with van der Waals surface area (Å²) in [6, 6.07) is 0.572. The standard InChI is InChI=1S/C9H19NO2S/c1-9(6-11,7-12)5-10-8-2-3-13-4-8/h8,10-12H,2-7H2,1H3. The predicted octanol–water partition coefficient (Wildman–Crippen LogP) is 0.0724. The lowest BCUT2D eigenvalue weighted by Crippen LogP contribution is -2.42. The van der Waals surface area contributed by atoms with Crippen LogP contribution in [0.1, 0.15) is 13.3 Å². The molecule has 0 aliphatic carbocycles. The first-order valence-corrected chi connectivity index (χ1v) is 5.88. The van der Waals surface area contributed by atoms with E-state index in [4.69, 9.17) is 10.2 Å². The quantitative estimate of drug-likeness (QED) is 0.595. The molecule has 1 rings (SSSR count). The van der Waals surface area contributed by atoms with Gasteiger partial charge in [0.1, 0.15) is 0 Å². The highest BCUT2D eigenvalue weighted by atomic mass is 32.2. The van der Waals surface area contributed by atoms with Gasteiger partial charge in [-0.15, -0.1) is 0 Å². The first kappa shape index (κ1) is 11.3. The maximum Gasteiger partial charge on any atom is 0.0518 e. The van der Waals surface area contributed by atoms with Crippen molar-refractivity contribution in [1.29, 1.82) is 0 Å². The highest BCUT2D eigenvalue weighted by Crippen LogP contribution is 2.19. The SMILES string of the molecule is CC(CO)(CO)CNC1CCSC1. The molecule has 1 unspecified atom stereocenters. The van der Waals surface area contributed by atoms with Crippen molar-refractivity contribution in [3.05, 3.63) is 0 Å². The zero-order valence-electron chi connectivity index (χ0n) is 8.12. The van der Waals surface area contributed by atoms with Crippen molar-refractivity contribution in [2.24, 2.45) is 5.41 Å². The van der Waals surface area contributed by atoms with Gasteiger partial charge in [0.2, 0.25) is 0 Å². The molecule has 78 valence electrons. The number of hydrogen-bond donors (Lipinski definition) is 3. The van der Waals surface area contributed by atoms with Gasteiger partial charge in [0.15, 0.2) is 0 Å². The van der Waals surface area contributed by atoms with Crippen LogP contribution in [0.2, 0.25) is 0 Å². The molecule has 1 heterocycles. The largest absolute Gasteiger partial charge is 0.396 e. The van der Waals surface area contributed by atoms with E-state index < -0.39 is 0 Å². The molecule has 0 aromatic carbocycles. The van der Waals surface area contributed by atoms with Crippen molar-refractivity contribution in [1.82, 2.24) is 5.32 Å². The van der Waals surface area contributed by atoms with Crippen LogP contribution in [0.15, 0.2) is 0 Å². The molecule has 1 atom stereocenters. The van der Waals surface area contributed by atoms with Gasteiger partial charge in [-0.05, 0) is 12.2 Å². The minimum atomic E-state index is -0.368. The summed E-state index contributed by atoms with van der Waals surface area (Å²) in [5.74, 6) is 2.39. The molecule has 1 fully saturated rings. The lowest BCUT2D eigenvalue weighted by Gasteiger charge is -2.26. The fourth-order valence-electron chi connectivity index (χ4n) is 1.25. The van der Waals surface area contributed by atoms with Crippen molar-refractivity contribution < 1.29 is 10.2 Å². The molecule has 0 radical (unpaired) electrons. The summed E-state index contributed by atoms with van der Waals surface area (Å²) in [6.45, 7) is 2.67. The number of rotatable bonds is 5. The molecule has 0 spiro atoms. The van der Waals surface area contributed by atoms with Crippen molar-refractivity contribution in [2.75, 3.05) is 31.3 Å². The Hall–Kier alpha value is 0.230. The molecule has 0 saturated carbocycles. The van der Waals surface area contributed by atoms with Gasteiger partial charge < -0.3 is 15.5 Å². The molecule has 1 aliphatic rings.